The quantitative estimate of drug-likeness (QED) is 0.846. The predicted molar refractivity (Wildman–Crippen MR) is 82.2 cm³/mol. The average Bonchev–Trinajstić information content (AvgIpc) is 2.86. The summed E-state index contributed by atoms with van der Waals surface area (Å²) >= 11 is 0. The lowest BCUT2D eigenvalue weighted by atomic mass is 10.1. The summed E-state index contributed by atoms with van der Waals surface area (Å²) in [7, 11) is -2.48. The Morgan fingerprint density at radius 3 is 3.00 bits per heavy atom. The van der Waals surface area contributed by atoms with E-state index in [1.807, 2.05) is 0 Å². The predicted octanol–water partition coefficient (Wildman–Crippen LogP) is 1.32. The van der Waals surface area contributed by atoms with Gasteiger partial charge in [0.1, 0.15) is 0 Å². The molecule has 110 valence electrons. The van der Waals surface area contributed by atoms with Crippen molar-refractivity contribution in [2.75, 3.05) is 27.5 Å². The van der Waals surface area contributed by atoms with Crippen LogP contribution in [0.1, 0.15) is 26.2 Å². The minimum atomic E-state index is -3.70. The fraction of sp³-hybridized carbons (Fsp3) is 0.429. The SMILES string of the molecule is [2H]c1[nH]c2ccc(CS(=O)(=O)NC)cc2c1C([2H])([2H])C([2H])([2H])N(C([2H])([2H])[2H])C([2H])([2H])[2H]. The van der Waals surface area contributed by atoms with Crippen molar-refractivity contribution in [3.05, 3.63) is 35.5 Å². The van der Waals surface area contributed by atoms with Gasteiger partial charge in [0.15, 0.2) is 0 Å². The van der Waals surface area contributed by atoms with Crippen molar-refractivity contribution in [2.24, 2.45) is 0 Å². The summed E-state index contributed by atoms with van der Waals surface area (Å²) in [4.78, 5) is 2.01. The zero-order valence-electron chi connectivity index (χ0n) is 21.6. The van der Waals surface area contributed by atoms with Crippen LogP contribution in [0.5, 0.6) is 0 Å². The lowest BCUT2D eigenvalue weighted by Crippen LogP contribution is -2.20. The molecule has 0 saturated heterocycles. The van der Waals surface area contributed by atoms with Crippen molar-refractivity contribution in [3.63, 3.8) is 0 Å². The minimum absolute atomic E-state index is 0.0706. The Bertz CT molecular complexity index is 1060. The first kappa shape index (κ1) is 6.17. The number of hydrogen-bond donors (Lipinski definition) is 2. The zero-order chi connectivity index (χ0) is 24.2. The van der Waals surface area contributed by atoms with Crippen molar-refractivity contribution < 1.29 is 23.5 Å². The molecule has 0 aliphatic carbocycles. The first-order valence-electron chi connectivity index (χ1n) is 11.1. The highest BCUT2D eigenvalue weighted by Crippen LogP contribution is 2.21. The van der Waals surface area contributed by atoms with Crippen LogP contribution in [0.25, 0.3) is 10.9 Å². The van der Waals surface area contributed by atoms with Gasteiger partial charge in [0.2, 0.25) is 10.0 Å². The van der Waals surface area contributed by atoms with Gasteiger partial charge in [0.25, 0.3) is 0 Å². The van der Waals surface area contributed by atoms with E-state index in [2.05, 4.69) is 9.71 Å². The number of rotatable bonds is 6. The van der Waals surface area contributed by atoms with Crippen molar-refractivity contribution >= 4 is 20.9 Å². The molecule has 20 heavy (non-hydrogen) atoms. The van der Waals surface area contributed by atoms with Crippen LogP contribution in [0, 0.1) is 0 Å². The van der Waals surface area contributed by atoms with E-state index in [1.54, 1.807) is 0 Å². The van der Waals surface area contributed by atoms with E-state index in [0.29, 0.717) is 0 Å². The van der Waals surface area contributed by atoms with Crippen molar-refractivity contribution in [2.45, 2.75) is 12.1 Å². The molecule has 1 heterocycles. The van der Waals surface area contributed by atoms with Gasteiger partial charge in [-0.3, -0.25) is 0 Å². The number of hydrogen-bond acceptors (Lipinski definition) is 3. The Labute approximate surface area is 135 Å². The van der Waals surface area contributed by atoms with Crippen LogP contribution >= 0.6 is 0 Å². The number of fused-ring (bicyclic) bond motifs is 1. The smallest absolute Gasteiger partial charge is 0.215 e. The van der Waals surface area contributed by atoms with Gasteiger partial charge in [-0.05, 0) is 50.6 Å². The topological polar surface area (TPSA) is 65.2 Å². The van der Waals surface area contributed by atoms with E-state index < -0.39 is 59.2 Å². The number of sulfonamides is 1. The Morgan fingerprint density at radius 2 is 2.30 bits per heavy atom. The van der Waals surface area contributed by atoms with Crippen LogP contribution in [0.3, 0.4) is 0 Å². The number of nitrogens with one attached hydrogen (secondary N) is 2. The molecule has 0 aliphatic heterocycles. The molecule has 5 nitrogen and oxygen atoms in total. The van der Waals surface area contributed by atoms with Gasteiger partial charge < -0.3 is 9.88 Å². The average molecular weight is 306 g/mol. The van der Waals surface area contributed by atoms with Crippen molar-refractivity contribution in [1.29, 1.82) is 0 Å². The van der Waals surface area contributed by atoms with Crippen molar-refractivity contribution in [3.8, 4) is 0 Å². The molecule has 1 aromatic carbocycles. The maximum absolute atomic E-state index is 11.8. The van der Waals surface area contributed by atoms with Crippen molar-refractivity contribution in [1.82, 2.24) is 14.6 Å². The summed E-state index contributed by atoms with van der Waals surface area (Å²) in [5.74, 6) is -0.482. The molecular weight excluding hydrogens is 274 g/mol. The molecule has 0 unspecified atom stereocenters. The Kier molecular flexibility index (Phi) is 1.84. The summed E-state index contributed by atoms with van der Waals surface area (Å²) in [5, 5.41) is -0.0706. The maximum Gasteiger partial charge on any atom is 0.215 e. The van der Waals surface area contributed by atoms with Crippen LogP contribution in [0.4, 0.5) is 0 Å². The molecule has 1 aromatic heterocycles. The van der Waals surface area contributed by atoms with Gasteiger partial charge >= 0.3 is 0 Å². The minimum Gasteiger partial charge on any atom is -0.361 e. The second kappa shape index (κ2) is 5.95. The van der Waals surface area contributed by atoms with Crippen LogP contribution in [-0.4, -0.2) is 45.8 Å². The van der Waals surface area contributed by atoms with Crippen LogP contribution in [-0.2, 0) is 22.1 Å². The molecular formula is C14H21N3O2S. The fourth-order valence-electron chi connectivity index (χ4n) is 1.70. The number of likely N-dealkylation sites (N-methyl/N-ethyl adjacent to an activating group) is 1. The van der Waals surface area contributed by atoms with E-state index in [4.69, 9.17) is 15.1 Å². The molecule has 2 N–H and O–H groups in total. The highest BCUT2D eigenvalue weighted by Gasteiger charge is 2.11. The van der Waals surface area contributed by atoms with Crippen LogP contribution < -0.4 is 4.72 Å². The number of aryl methyl sites for hydroxylation is 1. The van der Waals surface area contributed by atoms with Gasteiger partial charge in [-0.25, -0.2) is 13.1 Å². The number of H-pyrrole nitrogens is 1. The molecule has 0 spiro atoms. The largest absolute Gasteiger partial charge is 0.361 e. The van der Waals surface area contributed by atoms with Gasteiger partial charge in [-0.2, -0.15) is 0 Å². The zero-order valence-corrected chi connectivity index (χ0v) is 11.4. The third-order valence-corrected chi connectivity index (χ3v) is 3.97. The third-order valence-electron chi connectivity index (χ3n) is 2.64. The monoisotopic (exact) mass is 306 g/mol. The highest BCUT2D eigenvalue weighted by atomic mass is 32.2. The summed E-state index contributed by atoms with van der Waals surface area (Å²) < 4.78 is 112. The second-order valence-corrected chi connectivity index (χ2v) is 5.97. The summed E-state index contributed by atoms with van der Waals surface area (Å²) in [6.07, 6.45) is -3.90. The molecule has 0 saturated carbocycles. The van der Waals surface area contributed by atoms with Crippen LogP contribution in [0.15, 0.2) is 24.4 Å². The van der Waals surface area contributed by atoms with E-state index >= 15 is 0 Å². The molecule has 0 atom stereocenters. The normalized spacial score (nSPS) is 23.2. The number of benzene rings is 1. The Morgan fingerprint density at radius 1 is 1.50 bits per heavy atom. The van der Waals surface area contributed by atoms with E-state index in [9.17, 15) is 8.42 Å². The first-order chi connectivity index (χ1) is 13.8. The molecule has 0 aliphatic rings. The van der Waals surface area contributed by atoms with Crippen LogP contribution in [0.2, 0.25) is 0 Å². The van der Waals surface area contributed by atoms with E-state index in [-0.39, 0.29) is 16.5 Å². The number of nitrogens with zero attached hydrogens (tertiary/aromatic N) is 1. The molecule has 2 aromatic rings. The maximum atomic E-state index is 11.8. The second-order valence-electron chi connectivity index (χ2n) is 4.04. The molecule has 0 amide bonds. The molecule has 2 rings (SSSR count). The molecule has 0 bridgehead atoms. The van der Waals surface area contributed by atoms with Gasteiger partial charge in [0, 0.05) is 37.3 Å². The molecule has 6 heteroatoms. The number of aromatic nitrogens is 1. The lowest BCUT2D eigenvalue weighted by Gasteiger charge is -2.08. The number of aromatic amines is 1. The third kappa shape index (κ3) is 3.59. The van der Waals surface area contributed by atoms with Gasteiger partial charge in [0.05, 0.1) is 7.12 Å². The van der Waals surface area contributed by atoms with Gasteiger partial charge in [-0.15, -0.1) is 0 Å². The Hall–Kier alpha value is -1.37. The summed E-state index contributed by atoms with van der Waals surface area (Å²) in [5.41, 5.74) is -0.267. The first-order valence-corrected chi connectivity index (χ1v) is 7.24. The van der Waals surface area contributed by atoms with E-state index in [1.165, 1.54) is 25.2 Å². The van der Waals surface area contributed by atoms with E-state index in [0.717, 1.165) is 0 Å². The van der Waals surface area contributed by atoms with Gasteiger partial charge in [-0.1, -0.05) is 6.07 Å². The summed E-state index contributed by atoms with van der Waals surface area (Å²) in [6, 6.07) is 4.02. The lowest BCUT2D eigenvalue weighted by molar-refractivity contribution is 0.414. The highest BCUT2D eigenvalue weighted by molar-refractivity contribution is 7.88. The fourth-order valence-corrected chi connectivity index (χ4v) is 2.46. The summed E-state index contributed by atoms with van der Waals surface area (Å²) in [6.45, 7) is -10.7. The molecule has 0 radical (unpaired) electrons. The Balaban J connectivity index is 2.74. The molecule has 0 fully saturated rings. The standard InChI is InChI=1S/C14H21N3O2S/c1-15-20(18,19)10-11-4-5-14-13(8-11)12(9-16-14)6-7-17(2)3/h4-5,8-9,15-16H,6-7,10H2,1-3H3/i2D3,3D3,6D2,7D2,9D.